The first-order chi connectivity index (χ1) is 18.2. The van der Waals surface area contributed by atoms with Crippen molar-refractivity contribution < 1.29 is 27.6 Å². The average Bonchev–Trinajstić information content (AvgIpc) is 3.46. The Morgan fingerprint density at radius 3 is 2.79 bits per heavy atom. The predicted octanol–water partition coefficient (Wildman–Crippen LogP) is 0.199. The van der Waals surface area contributed by atoms with Gasteiger partial charge in [-0.2, -0.15) is 9.82 Å². The Balaban J connectivity index is 1.34. The number of amides is 1. The van der Waals surface area contributed by atoms with Crippen LogP contribution in [0.2, 0.25) is 0 Å². The second kappa shape index (κ2) is 11.8. The third-order valence-electron chi connectivity index (χ3n) is 6.00. The van der Waals surface area contributed by atoms with E-state index >= 15 is 0 Å². The van der Waals surface area contributed by atoms with Gasteiger partial charge >= 0.3 is 5.97 Å². The number of carbonyl (C=O) groups is 2. The maximum absolute atomic E-state index is 12.7. The van der Waals surface area contributed by atoms with E-state index in [1.807, 2.05) is 6.21 Å². The summed E-state index contributed by atoms with van der Waals surface area (Å²) in [4.78, 5) is 28.5. The number of benzene rings is 1. The monoisotopic (exact) mass is 546 g/mol. The summed E-state index contributed by atoms with van der Waals surface area (Å²) in [6.45, 7) is 4.02. The Hall–Kier alpha value is -3.66. The fourth-order valence-electron chi connectivity index (χ4n) is 4.13. The summed E-state index contributed by atoms with van der Waals surface area (Å²) < 4.78 is 32.3. The molecule has 14 nitrogen and oxygen atoms in total. The number of aryl methyl sites for hydroxylation is 3. The van der Waals surface area contributed by atoms with Crippen molar-refractivity contribution in [2.75, 3.05) is 19.6 Å². The second-order valence-electron chi connectivity index (χ2n) is 8.84. The molecule has 2 unspecified atom stereocenters. The van der Waals surface area contributed by atoms with Crippen molar-refractivity contribution >= 4 is 39.0 Å². The van der Waals surface area contributed by atoms with Crippen molar-refractivity contribution in [1.29, 1.82) is 0 Å². The highest BCUT2D eigenvalue weighted by Gasteiger charge is 2.30. The van der Waals surface area contributed by atoms with Crippen LogP contribution in [0.3, 0.4) is 0 Å². The van der Waals surface area contributed by atoms with Crippen LogP contribution in [-0.4, -0.2) is 78.9 Å². The number of nitrogens with one attached hydrogen (secondary N) is 5. The zero-order valence-corrected chi connectivity index (χ0v) is 21.8. The molecule has 0 saturated heterocycles. The minimum absolute atomic E-state index is 0.0292. The van der Waals surface area contributed by atoms with Gasteiger partial charge in [-0.1, -0.05) is 11.2 Å². The smallest absolute Gasteiger partial charge is 0.323 e. The van der Waals surface area contributed by atoms with E-state index in [0.29, 0.717) is 5.52 Å². The van der Waals surface area contributed by atoms with E-state index in [-0.39, 0.29) is 28.2 Å². The molecule has 1 amide bonds. The van der Waals surface area contributed by atoms with E-state index in [4.69, 9.17) is 4.52 Å². The van der Waals surface area contributed by atoms with Crippen LogP contribution >= 0.6 is 0 Å². The summed E-state index contributed by atoms with van der Waals surface area (Å²) in [6, 6.07) is 3.37. The molecular formula is C23H30N8O6S. The van der Waals surface area contributed by atoms with Crippen LogP contribution < -0.4 is 20.7 Å². The van der Waals surface area contributed by atoms with E-state index in [1.54, 1.807) is 18.2 Å². The van der Waals surface area contributed by atoms with Crippen LogP contribution in [0.5, 0.6) is 0 Å². The molecule has 0 radical (unpaired) electrons. The molecule has 1 aliphatic rings. The van der Waals surface area contributed by atoms with Gasteiger partial charge in [-0.05, 0) is 51.8 Å². The number of carboxylic acid groups (broad SMARTS) is 1. The molecule has 3 aromatic rings. The Bertz CT molecular complexity index is 1430. The number of carbonyl (C=O) groups excluding carboxylic acids is 1. The standard InChI is InChI=1S/C23H30N8O6S/c1-13-20(14(2)37-30-13)38(35,36)31-19(22(33)34)12-27-21(32)15-6-7-16-17(28-29-18(16)11-15)5-3-8-24-23-25-9-4-10-26-23/h6-7,9,11,19,23-24,26,31H,3-5,8,10,12H2,1-2H3,(H,27,32)(H,28,29)(H,33,34). The number of hydrogen-bond donors (Lipinski definition) is 6. The van der Waals surface area contributed by atoms with Gasteiger partial charge in [0.15, 0.2) is 12.0 Å². The fraction of sp³-hybridized carbons (Fsp3) is 0.435. The van der Waals surface area contributed by atoms with Gasteiger partial charge in [0.1, 0.15) is 16.6 Å². The topological polar surface area (TPSA) is 204 Å². The molecule has 0 aliphatic carbocycles. The summed E-state index contributed by atoms with van der Waals surface area (Å²) in [5, 5.41) is 30.3. The van der Waals surface area contributed by atoms with Crippen LogP contribution in [-0.2, 0) is 21.2 Å². The maximum Gasteiger partial charge on any atom is 0.323 e. The van der Waals surface area contributed by atoms with Gasteiger partial charge < -0.3 is 14.9 Å². The fourth-order valence-corrected chi connectivity index (χ4v) is 5.64. The molecule has 3 heterocycles. The first-order valence-corrected chi connectivity index (χ1v) is 13.6. The van der Waals surface area contributed by atoms with E-state index in [1.165, 1.54) is 13.8 Å². The van der Waals surface area contributed by atoms with Crippen LogP contribution in [0.1, 0.15) is 40.3 Å². The zero-order valence-electron chi connectivity index (χ0n) is 20.9. The number of aliphatic imine (C=N–C) groups is 1. The summed E-state index contributed by atoms with van der Waals surface area (Å²) in [5.74, 6) is -1.99. The predicted molar refractivity (Wildman–Crippen MR) is 137 cm³/mol. The van der Waals surface area contributed by atoms with Gasteiger partial charge in [-0.3, -0.25) is 30.3 Å². The zero-order chi connectivity index (χ0) is 27.3. The molecule has 2 atom stereocenters. The quantitative estimate of drug-likeness (QED) is 0.170. The lowest BCUT2D eigenvalue weighted by molar-refractivity contribution is -0.138. The molecule has 6 N–H and O–H groups in total. The van der Waals surface area contributed by atoms with E-state index in [0.717, 1.165) is 43.4 Å². The van der Waals surface area contributed by atoms with Crippen LogP contribution in [0, 0.1) is 13.8 Å². The first kappa shape index (κ1) is 27.4. The van der Waals surface area contributed by atoms with Gasteiger partial charge in [0.05, 0.1) is 5.52 Å². The minimum Gasteiger partial charge on any atom is -0.480 e. The lowest BCUT2D eigenvalue weighted by Crippen LogP contribution is -2.48. The number of rotatable bonds is 12. The molecule has 204 valence electrons. The average molecular weight is 547 g/mol. The van der Waals surface area contributed by atoms with Gasteiger partial charge in [0.25, 0.3) is 5.91 Å². The van der Waals surface area contributed by atoms with Gasteiger partial charge in [0, 0.05) is 35.9 Å². The summed E-state index contributed by atoms with van der Waals surface area (Å²) in [5.41, 5.74) is 1.89. The third-order valence-corrected chi connectivity index (χ3v) is 7.72. The SMILES string of the molecule is Cc1noc(C)c1S(=O)(=O)NC(CNC(=O)c1ccc2c(CCCNC3N=CCCN3)[nH]nc2c1)C(=O)O. The number of hydrogen-bond acceptors (Lipinski definition) is 10. The lowest BCUT2D eigenvalue weighted by Gasteiger charge is -2.18. The molecule has 1 aromatic carbocycles. The number of carboxylic acids is 1. The Labute approximate surface area is 218 Å². The van der Waals surface area contributed by atoms with Crippen molar-refractivity contribution in [3.8, 4) is 0 Å². The molecule has 0 fully saturated rings. The normalized spacial score (nSPS) is 16.5. The van der Waals surface area contributed by atoms with Crippen molar-refractivity contribution in [3.63, 3.8) is 0 Å². The van der Waals surface area contributed by atoms with Crippen LogP contribution in [0.4, 0.5) is 0 Å². The molecule has 15 heteroatoms. The Morgan fingerprint density at radius 1 is 1.29 bits per heavy atom. The van der Waals surface area contributed by atoms with Crippen LogP contribution in [0.15, 0.2) is 32.6 Å². The lowest BCUT2D eigenvalue weighted by atomic mass is 10.1. The number of nitrogens with zero attached hydrogens (tertiary/aromatic N) is 3. The van der Waals surface area contributed by atoms with Crippen molar-refractivity contribution in [2.24, 2.45) is 4.99 Å². The second-order valence-corrected chi connectivity index (χ2v) is 10.5. The largest absolute Gasteiger partial charge is 0.480 e. The van der Waals surface area contributed by atoms with Crippen molar-refractivity contribution in [1.82, 2.24) is 36.0 Å². The van der Waals surface area contributed by atoms with Gasteiger partial charge in [-0.15, -0.1) is 0 Å². The third kappa shape index (κ3) is 6.42. The summed E-state index contributed by atoms with van der Waals surface area (Å²) in [7, 11) is -4.24. The molecule has 0 bridgehead atoms. The number of sulfonamides is 1. The molecule has 38 heavy (non-hydrogen) atoms. The Kier molecular flexibility index (Phi) is 8.51. The summed E-state index contributed by atoms with van der Waals surface area (Å²) >= 11 is 0. The van der Waals surface area contributed by atoms with Gasteiger partial charge in [-0.25, -0.2) is 8.42 Å². The molecule has 2 aromatic heterocycles. The molecule has 0 saturated carbocycles. The molecular weight excluding hydrogens is 516 g/mol. The maximum atomic E-state index is 12.7. The van der Waals surface area contributed by atoms with Crippen molar-refractivity contribution in [3.05, 3.63) is 40.9 Å². The number of aliphatic carboxylic acids is 1. The van der Waals surface area contributed by atoms with Gasteiger partial charge in [0.2, 0.25) is 10.0 Å². The van der Waals surface area contributed by atoms with Crippen molar-refractivity contribution in [2.45, 2.75) is 50.3 Å². The first-order valence-electron chi connectivity index (χ1n) is 12.1. The summed E-state index contributed by atoms with van der Waals surface area (Å²) in [6.07, 6.45) is 4.38. The number of aromatic amines is 1. The highest BCUT2D eigenvalue weighted by Crippen LogP contribution is 2.20. The molecule has 1 aliphatic heterocycles. The Morgan fingerprint density at radius 2 is 2.11 bits per heavy atom. The minimum atomic E-state index is -4.24. The number of H-pyrrole nitrogens is 1. The number of fused-ring (bicyclic) bond motifs is 1. The van der Waals surface area contributed by atoms with Crippen LogP contribution in [0.25, 0.3) is 10.9 Å². The molecule has 0 spiro atoms. The van der Waals surface area contributed by atoms with E-state index < -0.39 is 34.5 Å². The highest BCUT2D eigenvalue weighted by atomic mass is 32.2. The highest BCUT2D eigenvalue weighted by molar-refractivity contribution is 7.89. The van der Waals surface area contributed by atoms with E-state index in [9.17, 15) is 23.1 Å². The molecule has 4 rings (SSSR count). The van der Waals surface area contributed by atoms with E-state index in [2.05, 4.69) is 41.0 Å². The number of aromatic nitrogens is 3.